The van der Waals surface area contributed by atoms with Crippen LogP contribution >= 0.6 is 11.6 Å². The average Bonchev–Trinajstić information content (AvgIpc) is 3.14. The molecule has 0 fully saturated rings. The molecule has 0 saturated carbocycles. The Bertz CT molecular complexity index is 1040. The number of halogens is 4. The van der Waals surface area contributed by atoms with E-state index in [1.807, 2.05) is 0 Å². The Morgan fingerprint density at radius 3 is 2.45 bits per heavy atom. The third-order valence-corrected chi connectivity index (χ3v) is 4.04. The molecule has 0 aliphatic carbocycles. The molecule has 2 aromatic heterocycles. The van der Waals surface area contributed by atoms with Crippen molar-refractivity contribution in [1.82, 2.24) is 20.0 Å². The number of aromatic nitrogens is 4. The molecule has 1 aromatic carbocycles. The molecule has 3 rings (SSSR count). The lowest BCUT2D eigenvalue weighted by molar-refractivity contribution is -0.143. The van der Waals surface area contributed by atoms with Gasteiger partial charge in [0.1, 0.15) is 5.75 Å². The van der Waals surface area contributed by atoms with Crippen LogP contribution in [0.1, 0.15) is 16.1 Å². The van der Waals surface area contributed by atoms with Crippen LogP contribution in [0.3, 0.4) is 0 Å². The summed E-state index contributed by atoms with van der Waals surface area (Å²) in [6.45, 7) is 0. The second-order valence-corrected chi connectivity index (χ2v) is 5.96. The zero-order valence-corrected chi connectivity index (χ0v) is 15.7. The number of carbonyl (C=O) groups excluding carboxylic acids is 1. The molecule has 3 aromatic rings. The van der Waals surface area contributed by atoms with Crippen molar-refractivity contribution in [1.29, 1.82) is 0 Å². The third-order valence-electron chi connectivity index (χ3n) is 3.74. The van der Waals surface area contributed by atoms with Gasteiger partial charge in [0.2, 0.25) is 5.88 Å². The van der Waals surface area contributed by atoms with Crippen LogP contribution in [0.15, 0.2) is 36.5 Å². The fraction of sp³-hybridized carbons (Fsp3) is 0.176. The van der Waals surface area contributed by atoms with Crippen LogP contribution in [0.4, 0.5) is 18.9 Å². The van der Waals surface area contributed by atoms with E-state index in [-0.39, 0.29) is 22.4 Å². The van der Waals surface area contributed by atoms with Gasteiger partial charge >= 0.3 is 6.18 Å². The molecule has 0 atom stereocenters. The van der Waals surface area contributed by atoms with Crippen molar-refractivity contribution in [3.05, 3.63) is 52.8 Å². The molecule has 0 bridgehead atoms. The smallest absolute Gasteiger partial charge is 0.434 e. The molecule has 0 unspecified atom stereocenters. The highest BCUT2D eigenvalue weighted by atomic mass is 35.5. The average molecular weight is 428 g/mol. The summed E-state index contributed by atoms with van der Waals surface area (Å²) in [5.41, 5.74) is -1.80. The number of nitrogens with one attached hydrogen (secondary N) is 1. The van der Waals surface area contributed by atoms with E-state index in [4.69, 9.17) is 21.1 Å². The number of ether oxygens (including phenoxy) is 2. The molecule has 29 heavy (non-hydrogen) atoms. The summed E-state index contributed by atoms with van der Waals surface area (Å²) >= 11 is 5.97. The number of hydrogen-bond acceptors (Lipinski definition) is 6. The molecule has 2 heterocycles. The van der Waals surface area contributed by atoms with Gasteiger partial charge in [0.05, 0.1) is 31.0 Å². The molecule has 0 radical (unpaired) electrons. The Labute approximate surface area is 167 Å². The zero-order chi connectivity index (χ0) is 21.2. The van der Waals surface area contributed by atoms with Crippen molar-refractivity contribution in [2.24, 2.45) is 0 Å². The summed E-state index contributed by atoms with van der Waals surface area (Å²) in [4.78, 5) is 12.5. The van der Waals surface area contributed by atoms with Gasteiger partial charge in [-0.25, -0.2) is 4.68 Å². The number of anilines is 1. The first-order valence-corrected chi connectivity index (χ1v) is 8.30. The van der Waals surface area contributed by atoms with Gasteiger partial charge in [-0.05, 0) is 24.3 Å². The van der Waals surface area contributed by atoms with E-state index in [0.29, 0.717) is 10.4 Å². The topological polar surface area (TPSA) is 91.2 Å². The Hall–Kier alpha value is -3.34. The SMILES string of the molecule is COc1ccc(-n2ncc(C(=O)Nc3ccc(OC)c(Cl)c3)c2C(F)(F)F)nn1. The summed E-state index contributed by atoms with van der Waals surface area (Å²) in [7, 11) is 2.75. The van der Waals surface area contributed by atoms with Crippen LogP contribution in [-0.2, 0) is 6.18 Å². The van der Waals surface area contributed by atoms with Crippen LogP contribution in [-0.4, -0.2) is 40.1 Å². The fourth-order valence-electron chi connectivity index (χ4n) is 2.44. The molecular formula is C17H13ClF3N5O3. The number of nitrogens with zero attached hydrogens (tertiary/aromatic N) is 4. The lowest BCUT2D eigenvalue weighted by Gasteiger charge is -2.12. The molecule has 0 aliphatic heterocycles. The van der Waals surface area contributed by atoms with Gasteiger partial charge in [-0.1, -0.05) is 11.6 Å². The second kappa shape index (κ2) is 7.95. The molecule has 152 valence electrons. The minimum atomic E-state index is -4.89. The first-order chi connectivity index (χ1) is 13.7. The van der Waals surface area contributed by atoms with Gasteiger partial charge in [0.25, 0.3) is 5.91 Å². The van der Waals surface area contributed by atoms with E-state index in [2.05, 4.69) is 20.6 Å². The van der Waals surface area contributed by atoms with Gasteiger partial charge in [-0.2, -0.15) is 18.3 Å². The van der Waals surface area contributed by atoms with Crippen molar-refractivity contribution in [3.63, 3.8) is 0 Å². The lowest BCUT2D eigenvalue weighted by atomic mass is 10.2. The first-order valence-electron chi connectivity index (χ1n) is 7.92. The van der Waals surface area contributed by atoms with Crippen molar-refractivity contribution < 1.29 is 27.4 Å². The Kier molecular flexibility index (Phi) is 5.59. The van der Waals surface area contributed by atoms with Crippen molar-refractivity contribution >= 4 is 23.2 Å². The number of benzene rings is 1. The van der Waals surface area contributed by atoms with Crippen molar-refractivity contribution in [2.45, 2.75) is 6.18 Å². The molecular weight excluding hydrogens is 415 g/mol. The Balaban J connectivity index is 1.97. The molecule has 0 aliphatic rings. The van der Waals surface area contributed by atoms with Crippen molar-refractivity contribution in [3.8, 4) is 17.4 Å². The summed E-state index contributed by atoms with van der Waals surface area (Å²) in [6.07, 6.45) is -4.09. The normalized spacial score (nSPS) is 11.2. The lowest BCUT2D eigenvalue weighted by Crippen LogP contribution is -2.21. The number of hydrogen-bond donors (Lipinski definition) is 1. The highest BCUT2D eigenvalue weighted by Gasteiger charge is 2.41. The van der Waals surface area contributed by atoms with E-state index in [9.17, 15) is 18.0 Å². The largest absolute Gasteiger partial charge is 0.495 e. The minimum Gasteiger partial charge on any atom is -0.495 e. The predicted molar refractivity (Wildman–Crippen MR) is 96.7 cm³/mol. The molecule has 8 nitrogen and oxygen atoms in total. The molecule has 1 amide bonds. The molecule has 0 spiro atoms. The van der Waals surface area contributed by atoms with E-state index in [0.717, 1.165) is 6.20 Å². The van der Waals surface area contributed by atoms with Crippen LogP contribution in [0, 0.1) is 0 Å². The maximum atomic E-state index is 13.7. The predicted octanol–water partition coefficient (Wildman–Crippen LogP) is 3.60. The van der Waals surface area contributed by atoms with Gasteiger partial charge in [0.15, 0.2) is 11.5 Å². The number of rotatable bonds is 5. The summed E-state index contributed by atoms with van der Waals surface area (Å²) < 4.78 is 51.4. The van der Waals surface area contributed by atoms with E-state index >= 15 is 0 Å². The number of amides is 1. The molecule has 1 N–H and O–H groups in total. The monoisotopic (exact) mass is 427 g/mol. The Morgan fingerprint density at radius 2 is 1.90 bits per heavy atom. The van der Waals surface area contributed by atoms with Gasteiger partial charge in [-0.3, -0.25) is 4.79 Å². The van der Waals surface area contributed by atoms with E-state index < -0.39 is 23.3 Å². The van der Waals surface area contributed by atoms with Crippen LogP contribution in [0.5, 0.6) is 11.6 Å². The second-order valence-electron chi connectivity index (χ2n) is 5.55. The van der Waals surface area contributed by atoms with Crippen LogP contribution in [0.25, 0.3) is 5.82 Å². The Morgan fingerprint density at radius 1 is 1.14 bits per heavy atom. The third kappa shape index (κ3) is 4.24. The fourth-order valence-corrected chi connectivity index (χ4v) is 2.70. The maximum Gasteiger partial charge on any atom is 0.434 e. The van der Waals surface area contributed by atoms with Crippen molar-refractivity contribution in [2.75, 3.05) is 19.5 Å². The molecule has 0 saturated heterocycles. The minimum absolute atomic E-state index is 0.115. The van der Waals surface area contributed by atoms with E-state index in [1.165, 1.54) is 44.6 Å². The number of methoxy groups -OCH3 is 2. The summed E-state index contributed by atoms with van der Waals surface area (Å²) in [6, 6.07) is 6.82. The zero-order valence-electron chi connectivity index (χ0n) is 15.0. The van der Waals surface area contributed by atoms with Crippen LogP contribution in [0.2, 0.25) is 5.02 Å². The van der Waals surface area contributed by atoms with Crippen LogP contribution < -0.4 is 14.8 Å². The first kappa shape index (κ1) is 20.4. The number of alkyl halides is 3. The standard InChI is InChI=1S/C17H13ClF3N5O3/c1-28-12-4-3-9(7-11(12)18)23-16(27)10-8-22-26(15(10)17(19,20)21)13-5-6-14(29-2)25-24-13/h3-8H,1-2H3,(H,23,27). The quantitative estimate of drug-likeness (QED) is 0.669. The summed E-state index contributed by atoms with van der Waals surface area (Å²) in [5, 5.41) is 13.5. The van der Waals surface area contributed by atoms with Gasteiger partial charge in [-0.15, -0.1) is 10.2 Å². The maximum absolute atomic E-state index is 13.7. The van der Waals surface area contributed by atoms with Gasteiger partial charge < -0.3 is 14.8 Å². The van der Waals surface area contributed by atoms with E-state index in [1.54, 1.807) is 0 Å². The summed E-state index contributed by atoms with van der Waals surface area (Å²) in [5.74, 6) is -0.786. The molecule has 12 heteroatoms. The highest BCUT2D eigenvalue weighted by Crippen LogP contribution is 2.34. The highest BCUT2D eigenvalue weighted by molar-refractivity contribution is 6.32. The van der Waals surface area contributed by atoms with Gasteiger partial charge in [0, 0.05) is 11.8 Å². The number of carbonyl (C=O) groups is 1.